The van der Waals surface area contributed by atoms with E-state index in [0.717, 1.165) is 29.1 Å². The van der Waals surface area contributed by atoms with Gasteiger partial charge in [-0.1, -0.05) is 55.5 Å². The number of hydrogen-bond acceptors (Lipinski definition) is 6. The smallest absolute Gasteiger partial charge is 0.137 e. The molecule has 2 saturated carbocycles. The maximum absolute atomic E-state index is 11.0. The van der Waals surface area contributed by atoms with Gasteiger partial charge in [0.05, 0.1) is 17.6 Å². The van der Waals surface area contributed by atoms with Gasteiger partial charge in [0.25, 0.3) is 0 Å². The molecule has 2 aromatic carbocycles. The number of rotatable bonds is 3. The summed E-state index contributed by atoms with van der Waals surface area (Å²) in [6, 6.07) is 20.3. The second-order valence-corrected chi connectivity index (χ2v) is 9.12. The maximum atomic E-state index is 11.0. The first-order valence-corrected chi connectivity index (χ1v) is 10.9. The monoisotopic (exact) mass is 414 g/mol. The molecule has 4 aliphatic rings. The van der Waals surface area contributed by atoms with Crippen molar-refractivity contribution in [3.63, 3.8) is 0 Å². The summed E-state index contributed by atoms with van der Waals surface area (Å²) in [6.07, 6.45) is 2.98. The molecule has 3 N–H and O–H groups in total. The lowest BCUT2D eigenvalue weighted by molar-refractivity contribution is -0.0324. The number of fused-ring (bicyclic) bond motifs is 2. The molecule has 2 fully saturated rings. The molecule has 31 heavy (non-hydrogen) atoms. The van der Waals surface area contributed by atoms with Crippen molar-refractivity contribution in [1.82, 2.24) is 4.90 Å². The second-order valence-electron chi connectivity index (χ2n) is 9.12. The first-order valence-electron chi connectivity index (χ1n) is 10.9. The van der Waals surface area contributed by atoms with Gasteiger partial charge in [-0.15, -0.1) is 0 Å². The highest BCUT2D eigenvalue weighted by molar-refractivity contribution is 6.09. The van der Waals surface area contributed by atoms with E-state index in [1.165, 1.54) is 0 Å². The first-order chi connectivity index (χ1) is 15.1. The lowest BCUT2D eigenvalue weighted by atomic mass is 9.91. The molecule has 6 rings (SSSR count). The van der Waals surface area contributed by atoms with Crippen molar-refractivity contribution in [3.8, 4) is 0 Å². The van der Waals surface area contributed by atoms with E-state index in [1.54, 1.807) is 6.34 Å². The molecule has 7 atom stereocenters. The van der Waals surface area contributed by atoms with E-state index < -0.39 is 17.7 Å². The number of aliphatic imine (C=N–C) groups is 2. The van der Waals surface area contributed by atoms with E-state index in [1.807, 2.05) is 55.5 Å². The van der Waals surface area contributed by atoms with Gasteiger partial charge in [0.2, 0.25) is 0 Å². The van der Waals surface area contributed by atoms with Gasteiger partial charge >= 0.3 is 0 Å². The fraction of sp³-hybridized carbons (Fsp3) is 0.360. The average Bonchev–Trinajstić information content (AvgIpc) is 3.39. The topological polar surface area (TPSA) is 80.5 Å². The molecule has 6 heteroatoms. The second kappa shape index (κ2) is 6.77. The van der Waals surface area contributed by atoms with Gasteiger partial charge < -0.3 is 20.4 Å². The van der Waals surface area contributed by atoms with E-state index >= 15 is 0 Å². The van der Waals surface area contributed by atoms with Crippen molar-refractivity contribution in [3.05, 3.63) is 72.4 Å². The fourth-order valence-corrected chi connectivity index (χ4v) is 5.89. The van der Waals surface area contributed by atoms with Crippen LogP contribution in [0.2, 0.25) is 0 Å². The normalized spacial score (nSPS) is 37.7. The highest BCUT2D eigenvalue weighted by Crippen LogP contribution is 2.64. The summed E-state index contributed by atoms with van der Waals surface area (Å²) in [6.45, 7) is 2.04. The standard InChI is InChI=1S/C25H26N4O2/c1-15-19-12-25(19,22(31)21(15)30)29-13-18(16-8-4-2-5-9-16)20-23(26-14-27-24(20)29)28-17-10-6-3-7-11-17/h2-11,13-15,19-22,24,30-31H,12H2,1H3,(H,26,27,28)/t15-,19-,20?,21?,22-,24?,25+/m0/s1. The Labute approximate surface area is 181 Å². The Bertz CT molecular complexity index is 1080. The van der Waals surface area contributed by atoms with E-state index in [4.69, 9.17) is 4.99 Å². The molecule has 2 aromatic rings. The largest absolute Gasteiger partial charge is 0.390 e. The van der Waals surface area contributed by atoms with Gasteiger partial charge in [0.15, 0.2) is 0 Å². The summed E-state index contributed by atoms with van der Waals surface area (Å²) < 4.78 is 0. The lowest BCUT2D eigenvalue weighted by Crippen LogP contribution is -2.51. The minimum Gasteiger partial charge on any atom is -0.390 e. The van der Waals surface area contributed by atoms with Crippen LogP contribution in [0, 0.1) is 17.8 Å². The third kappa shape index (κ3) is 2.65. The molecule has 6 nitrogen and oxygen atoms in total. The molecule has 0 bridgehead atoms. The molecule has 0 spiro atoms. The van der Waals surface area contributed by atoms with Crippen LogP contribution < -0.4 is 5.32 Å². The molecule has 158 valence electrons. The Kier molecular flexibility index (Phi) is 4.10. The summed E-state index contributed by atoms with van der Waals surface area (Å²) in [5.74, 6) is 1.11. The number of amidine groups is 1. The molecule has 2 aliphatic carbocycles. The van der Waals surface area contributed by atoms with Crippen LogP contribution in [0.4, 0.5) is 5.69 Å². The van der Waals surface area contributed by atoms with E-state index in [-0.39, 0.29) is 23.9 Å². The molecule has 0 radical (unpaired) electrons. The Morgan fingerprint density at radius 3 is 2.42 bits per heavy atom. The van der Waals surface area contributed by atoms with Crippen LogP contribution >= 0.6 is 0 Å². The number of hydrogen-bond donors (Lipinski definition) is 3. The van der Waals surface area contributed by atoms with Crippen LogP contribution in [0.15, 0.2) is 76.8 Å². The van der Waals surface area contributed by atoms with Crippen molar-refractivity contribution in [2.45, 2.75) is 37.3 Å². The zero-order valence-corrected chi connectivity index (χ0v) is 17.3. The van der Waals surface area contributed by atoms with Gasteiger partial charge in [0.1, 0.15) is 24.4 Å². The predicted molar refractivity (Wildman–Crippen MR) is 122 cm³/mol. The highest BCUT2D eigenvalue weighted by atomic mass is 16.3. The minimum absolute atomic E-state index is 0.0748. The Morgan fingerprint density at radius 1 is 1.03 bits per heavy atom. The van der Waals surface area contributed by atoms with Gasteiger partial charge in [0, 0.05) is 11.9 Å². The molecule has 0 saturated heterocycles. The Hall–Kier alpha value is -2.96. The maximum Gasteiger partial charge on any atom is 0.137 e. The van der Waals surface area contributed by atoms with Crippen LogP contribution in [0.5, 0.6) is 0 Å². The van der Waals surface area contributed by atoms with Crippen molar-refractivity contribution in [2.75, 3.05) is 5.32 Å². The Balaban J connectivity index is 1.42. The fourth-order valence-electron chi connectivity index (χ4n) is 5.89. The van der Waals surface area contributed by atoms with Gasteiger partial charge in [-0.25, -0.2) is 9.98 Å². The molecule has 2 heterocycles. The molecule has 3 unspecified atom stereocenters. The van der Waals surface area contributed by atoms with E-state index in [0.29, 0.717) is 0 Å². The minimum atomic E-state index is -0.779. The number of nitrogens with zero attached hydrogens (tertiary/aromatic N) is 3. The SMILES string of the molecule is C[C@@H]1C(O)[C@H](O)[C@@]2(N3C=C(c4ccccc4)C4C(Nc5ccccc5)=NC=NC43)C[C@@H]12. The number of aliphatic hydroxyl groups excluding tert-OH is 2. The van der Waals surface area contributed by atoms with Crippen molar-refractivity contribution in [2.24, 2.45) is 27.7 Å². The van der Waals surface area contributed by atoms with Gasteiger partial charge in [-0.2, -0.15) is 0 Å². The third-order valence-corrected chi connectivity index (χ3v) is 7.58. The third-order valence-electron chi connectivity index (χ3n) is 7.58. The molecular formula is C25H26N4O2. The summed E-state index contributed by atoms with van der Waals surface area (Å²) in [5.41, 5.74) is 2.78. The number of anilines is 1. The zero-order chi connectivity index (χ0) is 21.2. The van der Waals surface area contributed by atoms with E-state index in [2.05, 4.69) is 33.5 Å². The summed E-state index contributed by atoms with van der Waals surface area (Å²) in [7, 11) is 0. The van der Waals surface area contributed by atoms with Crippen LogP contribution in [-0.2, 0) is 0 Å². The van der Waals surface area contributed by atoms with Crippen molar-refractivity contribution in [1.29, 1.82) is 0 Å². The number of benzene rings is 2. The predicted octanol–water partition coefficient (Wildman–Crippen LogP) is 2.97. The average molecular weight is 415 g/mol. The van der Waals surface area contributed by atoms with Crippen LogP contribution in [0.25, 0.3) is 5.57 Å². The quantitative estimate of drug-likeness (QED) is 0.721. The zero-order valence-electron chi connectivity index (χ0n) is 17.3. The summed E-state index contributed by atoms with van der Waals surface area (Å²) in [5, 5.41) is 25.1. The Morgan fingerprint density at radius 2 is 1.74 bits per heavy atom. The summed E-state index contributed by atoms with van der Waals surface area (Å²) in [4.78, 5) is 11.6. The van der Waals surface area contributed by atoms with Gasteiger partial charge in [-0.05, 0) is 41.5 Å². The molecule has 0 amide bonds. The van der Waals surface area contributed by atoms with Crippen LogP contribution in [0.3, 0.4) is 0 Å². The molecule has 0 aromatic heterocycles. The van der Waals surface area contributed by atoms with E-state index in [9.17, 15) is 10.2 Å². The number of para-hydroxylation sites is 1. The number of nitrogens with one attached hydrogen (secondary N) is 1. The van der Waals surface area contributed by atoms with Gasteiger partial charge in [-0.3, -0.25) is 0 Å². The molecule has 2 aliphatic heterocycles. The van der Waals surface area contributed by atoms with Crippen molar-refractivity contribution >= 4 is 23.4 Å². The van der Waals surface area contributed by atoms with Crippen molar-refractivity contribution < 1.29 is 10.2 Å². The highest BCUT2D eigenvalue weighted by Gasteiger charge is 2.74. The lowest BCUT2D eigenvalue weighted by Gasteiger charge is -2.37. The molecular weight excluding hydrogens is 388 g/mol. The summed E-state index contributed by atoms with van der Waals surface area (Å²) >= 11 is 0. The van der Waals surface area contributed by atoms with Crippen LogP contribution in [-0.4, -0.2) is 51.2 Å². The van der Waals surface area contributed by atoms with Crippen LogP contribution in [0.1, 0.15) is 18.9 Å². The first kappa shape index (κ1) is 18.8. The number of aliphatic hydroxyl groups is 2.